The molecule has 3 aromatic rings. The van der Waals surface area contributed by atoms with Gasteiger partial charge in [-0.15, -0.1) is 0 Å². The number of nitrogen functional groups attached to an aromatic ring is 1. The second kappa shape index (κ2) is 5.29. The van der Waals surface area contributed by atoms with Crippen LogP contribution in [-0.4, -0.2) is 0 Å². The molecule has 2 aromatic carbocycles. The van der Waals surface area contributed by atoms with Crippen molar-refractivity contribution < 1.29 is 22.3 Å². The van der Waals surface area contributed by atoms with E-state index in [1.165, 1.54) is 18.4 Å². The number of benzene rings is 2. The first-order valence-corrected chi connectivity index (χ1v) is 6.49. The van der Waals surface area contributed by atoms with E-state index in [0.717, 1.165) is 23.1 Å². The summed E-state index contributed by atoms with van der Waals surface area (Å²) < 4.78 is 48.7. The highest BCUT2D eigenvalue weighted by molar-refractivity contribution is 5.83. The van der Waals surface area contributed by atoms with Crippen LogP contribution in [0.15, 0.2) is 53.1 Å². The SMILES string of the molecule is Nc1ccc2c(COc3cccc(C(F)(F)F)c3)coc2c1. The van der Waals surface area contributed by atoms with Crippen LogP contribution in [0.2, 0.25) is 0 Å². The summed E-state index contributed by atoms with van der Waals surface area (Å²) in [6, 6.07) is 9.97. The topological polar surface area (TPSA) is 48.4 Å². The third kappa shape index (κ3) is 2.86. The molecule has 0 radical (unpaired) electrons. The molecule has 0 aliphatic heterocycles. The number of nitrogens with two attached hydrogens (primary N) is 1. The van der Waals surface area contributed by atoms with Crippen molar-refractivity contribution >= 4 is 16.7 Å². The van der Waals surface area contributed by atoms with Crippen LogP contribution in [0.1, 0.15) is 11.1 Å². The summed E-state index contributed by atoms with van der Waals surface area (Å²) >= 11 is 0. The predicted molar refractivity (Wildman–Crippen MR) is 76.4 cm³/mol. The smallest absolute Gasteiger partial charge is 0.416 e. The summed E-state index contributed by atoms with van der Waals surface area (Å²) in [5.74, 6) is 0.152. The highest BCUT2D eigenvalue weighted by atomic mass is 19.4. The fourth-order valence-electron chi connectivity index (χ4n) is 2.13. The molecule has 0 saturated heterocycles. The first kappa shape index (κ1) is 14.3. The molecule has 114 valence electrons. The third-order valence-corrected chi connectivity index (χ3v) is 3.24. The van der Waals surface area contributed by atoms with Crippen LogP contribution in [0.4, 0.5) is 18.9 Å². The number of ether oxygens (including phenoxy) is 1. The molecular weight excluding hydrogens is 295 g/mol. The van der Waals surface area contributed by atoms with E-state index in [2.05, 4.69) is 0 Å². The summed E-state index contributed by atoms with van der Waals surface area (Å²) in [6.45, 7) is 0.109. The van der Waals surface area contributed by atoms with Crippen molar-refractivity contribution in [2.45, 2.75) is 12.8 Å². The summed E-state index contributed by atoms with van der Waals surface area (Å²) in [5, 5.41) is 0.821. The van der Waals surface area contributed by atoms with E-state index in [1.807, 2.05) is 0 Å². The Morgan fingerprint density at radius 2 is 1.91 bits per heavy atom. The number of fused-ring (bicyclic) bond motifs is 1. The molecule has 6 heteroatoms. The Morgan fingerprint density at radius 3 is 2.68 bits per heavy atom. The lowest BCUT2D eigenvalue weighted by atomic mass is 10.1. The minimum absolute atomic E-state index is 0.109. The highest BCUT2D eigenvalue weighted by Gasteiger charge is 2.30. The lowest BCUT2D eigenvalue weighted by Gasteiger charge is -2.09. The number of furan rings is 1. The van der Waals surface area contributed by atoms with Crippen LogP contribution >= 0.6 is 0 Å². The summed E-state index contributed by atoms with van der Waals surface area (Å²) in [7, 11) is 0. The summed E-state index contributed by atoms with van der Waals surface area (Å²) in [6.07, 6.45) is -2.88. The largest absolute Gasteiger partial charge is 0.489 e. The van der Waals surface area contributed by atoms with E-state index < -0.39 is 11.7 Å². The Morgan fingerprint density at radius 1 is 1.09 bits per heavy atom. The zero-order valence-corrected chi connectivity index (χ0v) is 11.4. The van der Waals surface area contributed by atoms with Gasteiger partial charge in [-0.25, -0.2) is 0 Å². The molecule has 1 aromatic heterocycles. The van der Waals surface area contributed by atoms with Gasteiger partial charge >= 0.3 is 6.18 Å². The molecule has 0 aliphatic rings. The van der Waals surface area contributed by atoms with Crippen molar-refractivity contribution in [3.8, 4) is 5.75 Å². The molecule has 2 N–H and O–H groups in total. The standard InChI is InChI=1S/C16H12F3NO2/c17-16(18,19)11-2-1-3-13(6-11)21-8-10-9-22-15-7-12(20)4-5-14(10)15/h1-7,9H,8,20H2. The van der Waals surface area contributed by atoms with Gasteiger partial charge in [0.25, 0.3) is 0 Å². The molecule has 0 aliphatic carbocycles. The van der Waals surface area contributed by atoms with E-state index in [9.17, 15) is 13.2 Å². The van der Waals surface area contributed by atoms with Crippen LogP contribution in [0.25, 0.3) is 11.0 Å². The Balaban J connectivity index is 1.80. The Bertz CT molecular complexity index is 809. The second-order valence-electron chi connectivity index (χ2n) is 4.83. The maximum atomic E-state index is 12.6. The molecule has 0 atom stereocenters. The number of rotatable bonds is 3. The quantitative estimate of drug-likeness (QED) is 0.719. The van der Waals surface area contributed by atoms with Gasteiger partial charge in [0, 0.05) is 22.7 Å². The van der Waals surface area contributed by atoms with Gasteiger partial charge in [0.15, 0.2) is 0 Å². The zero-order valence-electron chi connectivity index (χ0n) is 11.4. The first-order valence-electron chi connectivity index (χ1n) is 6.49. The summed E-state index contributed by atoms with van der Waals surface area (Å²) in [5.41, 5.74) is 6.85. The normalized spacial score (nSPS) is 11.8. The fraction of sp³-hybridized carbons (Fsp3) is 0.125. The maximum absolute atomic E-state index is 12.6. The lowest BCUT2D eigenvalue weighted by molar-refractivity contribution is -0.137. The van der Waals surface area contributed by atoms with Crippen LogP contribution in [0, 0.1) is 0 Å². The van der Waals surface area contributed by atoms with E-state index >= 15 is 0 Å². The molecule has 22 heavy (non-hydrogen) atoms. The molecule has 0 amide bonds. The Labute approximate surface area is 124 Å². The van der Waals surface area contributed by atoms with E-state index in [-0.39, 0.29) is 12.4 Å². The zero-order chi connectivity index (χ0) is 15.7. The molecule has 0 saturated carbocycles. The van der Waals surface area contributed by atoms with Gasteiger partial charge in [-0.05, 0) is 30.3 Å². The Kier molecular flexibility index (Phi) is 3.44. The van der Waals surface area contributed by atoms with Crippen molar-refractivity contribution in [3.05, 3.63) is 59.9 Å². The summed E-state index contributed by atoms with van der Waals surface area (Å²) in [4.78, 5) is 0. The average Bonchev–Trinajstić information content (AvgIpc) is 2.86. The number of anilines is 1. The van der Waals surface area contributed by atoms with E-state index in [1.54, 1.807) is 18.2 Å². The van der Waals surface area contributed by atoms with Gasteiger partial charge in [0.1, 0.15) is 17.9 Å². The monoisotopic (exact) mass is 307 g/mol. The number of halogens is 3. The fourth-order valence-corrected chi connectivity index (χ4v) is 2.13. The minimum atomic E-state index is -4.39. The van der Waals surface area contributed by atoms with Gasteiger partial charge in [-0.1, -0.05) is 6.07 Å². The van der Waals surface area contributed by atoms with Crippen molar-refractivity contribution in [1.82, 2.24) is 0 Å². The van der Waals surface area contributed by atoms with Gasteiger partial charge in [-0.3, -0.25) is 0 Å². The van der Waals surface area contributed by atoms with Crippen LogP contribution in [0.3, 0.4) is 0 Å². The number of hydrogen-bond acceptors (Lipinski definition) is 3. The second-order valence-corrected chi connectivity index (χ2v) is 4.83. The van der Waals surface area contributed by atoms with Crippen LogP contribution < -0.4 is 10.5 Å². The van der Waals surface area contributed by atoms with Crippen LogP contribution in [0.5, 0.6) is 5.75 Å². The van der Waals surface area contributed by atoms with Gasteiger partial charge in [0.2, 0.25) is 0 Å². The van der Waals surface area contributed by atoms with Gasteiger partial charge < -0.3 is 14.9 Å². The molecule has 3 rings (SSSR count). The molecule has 0 fully saturated rings. The molecule has 0 bridgehead atoms. The first-order chi connectivity index (χ1) is 10.4. The molecule has 0 spiro atoms. The van der Waals surface area contributed by atoms with Crippen molar-refractivity contribution in [2.75, 3.05) is 5.73 Å². The predicted octanol–water partition coefficient (Wildman–Crippen LogP) is 4.61. The third-order valence-electron chi connectivity index (χ3n) is 3.24. The van der Waals surface area contributed by atoms with E-state index in [4.69, 9.17) is 14.9 Å². The Hall–Kier alpha value is -2.63. The van der Waals surface area contributed by atoms with Gasteiger partial charge in [0.05, 0.1) is 11.8 Å². The molecular formula is C16H12F3NO2. The minimum Gasteiger partial charge on any atom is -0.489 e. The van der Waals surface area contributed by atoms with E-state index in [0.29, 0.717) is 11.3 Å². The molecule has 0 unspecified atom stereocenters. The molecule has 1 heterocycles. The van der Waals surface area contributed by atoms with Crippen molar-refractivity contribution in [3.63, 3.8) is 0 Å². The number of hydrogen-bond donors (Lipinski definition) is 1. The lowest BCUT2D eigenvalue weighted by Crippen LogP contribution is -2.05. The highest BCUT2D eigenvalue weighted by Crippen LogP contribution is 2.32. The maximum Gasteiger partial charge on any atom is 0.416 e. The van der Waals surface area contributed by atoms with Crippen LogP contribution in [-0.2, 0) is 12.8 Å². The molecule has 3 nitrogen and oxygen atoms in total. The van der Waals surface area contributed by atoms with Crippen molar-refractivity contribution in [2.24, 2.45) is 0 Å². The van der Waals surface area contributed by atoms with Gasteiger partial charge in [-0.2, -0.15) is 13.2 Å². The van der Waals surface area contributed by atoms with Crippen molar-refractivity contribution in [1.29, 1.82) is 0 Å². The number of alkyl halides is 3. The average molecular weight is 307 g/mol.